The molecular weight excluding hydrogens is 216 g/mol. The molecule has 1 aliphatic rings. The molecule has 1 heterocycles. The van der Waals surface area contributed by atoms with Crippen LogP contribution in [0.2, 0.25) is 0 Å². The lowest BCUT2D eigenvalue weighted by Gasteiger charge is -2.27. The van der Waals surface area contributed by atoms with Gasteiger partial charge >= 0.3 is 0 Å². The second-order valence-corrected chi connectivity index (χ2v) is 3.41. The smallest absolute Gasteiger partial charge is 0.246 e. The van der Waals surface area contributed by atoms with E-state index in [-0.39, 0.29) is 18.9 Å². The number of carbonyl (C=O) groups is 3. The number of hydrogen-bond donors (Lipinski definition) is 3. The number of carbonyl (C=O) groups excluding carboxylic acids is 3. The van der Waals surface area contributed by atoms with E-state index < -0.39 is 23.6 Å². The van der Waals surface area contributed by atoms with Crippen LogP contribution in [0, 0.1) is 5.92 Å². The van der Waals surface area contributed by atoms with Gasteiger partial charge in [0.15, 0.2) is 5.84 Å². The number of imide groups is 1. The molecule has 0 aromatic carbocycles. The fraction of sp³-hybridized carbons (Fsp3) is 0.500. The highest BCUT2D eigenvalue weighted by molar-refractivity contribution is 6.07. The summed E-state index contributed by atoms with van der Waals surface area (Å²) in [6.45, 7) is 1.02. The lowest BCUT2D eigenvalue weighted by molar-refractivity contribution is -0.146. The Kier molecular flexibility index (Phi) is 3.44. The molecule has 1 atom stereocenters. The van der Waals surface area contributed by atoms with Crippen molar-refractivity contribution in [2.24, 2.45) is 16.8 Å². The minimum atomic E-state index is -0.872. The standard InChI is InChI=1S/C8H12N4O4/c1-4(7(9)11-16)8(15)12-2-5(13)10-6(14)3-12/h4,16H,2-3H2,1H3,(H2,9,11)(H,10,13,14). The Bertz CT molecular complexity index is 349. The SMILES string of the molecule is CC(C(=O)N1CC(=O)NC(=O)C1)C(N)=NO. The first-order valence-electron chi connectivity index (χ1n) is 4.54. The summed E-state index contributed by atoms with van der Waals surface area (Å²) in [4.78, 5) is 34.8. The lowest BCUT2D eigenvalue weighted by Crippen LogP contribution is -2.55. The monoisotopic (exact) mass is 228 g/mol. The van der Waals surface area contributed by atoms with Gasteiger partial charge in [-0.15, -0.1) is 0 Å². The van der Waals surface area contributed by atoms with E-state index in [2.05, 4.69) is 10.5 Å². The van der Waals surface area contributed by atoms with Crippen molar-refractivity contribution in [3.8, 4) is 0 Å². The van der Waals surface area contributed by atoms with E-state index in [1.54, 1.807) is 0 Å². The molecule has 8 nitrogen and oxygen atoms in total. The fourth-order valence-corrected chi connectivity index (χ4v) is 1.28. The number of hydrogen-bond acceptors (Lipinski definition) is 5. The van der Waals surface area contributed by atoms with Crippen LogP contribution >= 0.6 is 0 Å². The van der Waals surface area contributed by atoms with Crippen LogP contribution in [0.15, 0.2) is 5.16 Å². The molecule has 0 bridgehead atoms. The van der Waals surface area contributed by atoms with Crippen molar-refractivity contribution < 1.29 is 19.6 Å². The molecule has 1 saturated heterocycles. The summed E-state index contributed by atoms with van der Waals surface area (Å²) >= 11 is 0. The van der Waals surface area contributed by atoms with Crippen LogP contribution in [-0.2, 0) is 14.4 Å². The molecule has 0 radical (unpaired) electrons. The van der Waals surface area contributed by atoms with Crippen LogP contribution in [0.25, 0.3) is 0 Å². The van der Waals surface area contributed by atoms with Crippen molar-refractivity contribution in [2.45, 2.75) is 6.92 Å². The van der Waals surface area contributed by atoms with Gasteiger partial charge in [-0.1, -0.05) is 5.16 Å². The van der Waals surface area contributed by atoms with Crippen molar-refractivity contribution in [3.63, 3.8) is 0 Å². The summed E-state index contributed by atoms with van der Waals surface area (Å²) in [6, 6.07) is 0. The summed E-state index contributed by atoms with van der Waals surface area (Å²) in [6.07, 6.45) is 0. The first-order chi connectivity index (χ1) is 7.45. The predicted molar refractivity (Wildman–Crippen MR) is 52.3 cm³/mol. The minimum absolute atomic E-state index is 0.201. The maximum Gasteiger partial charge on any atom is 0.246 e. The summed E-state index contributed by atoms with van der Waals surface area (Å²) in [5.41, 5.74) is 5.26. The third-order valence-corrected chi connectivity index (χ3v) is 2.19. The highest BCUT2D eigenvalue weighted by atomic mass is 16.4. The molecule has 1 aliphatic heterocycles. The Labute approximate surface area is 91.1 Å². The third-order valence-electron chi connectivity index (χ3n) is 2.19. The average Bonchev–Trinajstić information content (AvgIpc) is 2.24. The topological polar surface area (TPSA) is 125 Å². The highest BCUT2D eigenvalue weighted by Crippen LogP contribution is 2.05. The van der Waals surface area contributed by atoms with Gasteiger partial charge in [-0.2, -0.15) is 0 Å². The van der Waals surface area contributed by atoms with Gasteiger partial charge in [-0.05, 0) is 6.92 Å². The number of oxime groups is 1. The Morgan fingerprint density at radius 1 is 1.50 bits per heavy atom. The molecule has 88 valence electrons. The molecule has 8 heteroatoms. The Balaban J connectivity index is 2.74. The van der Waals surface area contributed by atoms with Crippen LogP contribution in [0.1, 0.15) is 6.92 Å². The zero-order valence-corrected chi connectivity index (χ0v) is 8.64. The first kappa shape index (κ1) is 12.0. The molecule has 0 aromatic rings. The molecule has 3 amide bonds. The van der Waals surface area contributed by atoms with E-state index in [1.807, 2.05) is 0 Å². The number of nitrogens with one attached hydrogen (secondary N) is 1. The van der Waals surface area contributed by atoms with Crippen LogP contribution < -0.4 is 11.1 Å². The molecule has 0 spiro atoms. The molecule has 0 aliphatic carbocycles. The molecule has 1 fully saturated rings. The Morgan fingerprint density at radius 2 is 2.00 bits per heavy atom. The number of nitrogens with two attached hydrogens (primary N) is 1. The van der Waals surface area contributed by atoms with Crippen molar-refractivity contribution in [1.82, 2.24) is 10.2 Å². The van der Waals surface area contributed by atoms with Crippen LogP contribution in [0.4, 0.5) is 0 Å². The van der Waals surface area contributed by atoms with E-state index in [4.69, 9.17) is 10.9 Å². The van der Waals surface area contributed by atoms with E-state index in [1.165, 1.54) is 6.92 Å². The maximum atomic E-state index is 11.7. The number of amides is 3. The highest BCUT2D eigenvalue weighted by Gasteiger charge is 2.30. The Hall–Kier alpha value is -2.12. The second kappa shape index (κ2) is 4.60. The van der Waals surface area contributed by atoms with E-state index in [0.717, 1.165) is 4.90 Å². The second-order valence-electron chi connectivity index (χ2n) is 3.41. The minimum Gasteiger partial charge on any atom is -0.409 e. The van der Waals surface area contributed by atoms with Crippen molar-refractivity contribution in [3.05, 3.63) is 0 Å². The Morgan fingerprint density at radius 3 is 2.44 bits per heavy atom. The van der Waals surface area contributed by atoms with Gasteiger partial charge in [0, 0.05) is 0 Å². The molecule has 16 heavy (non-hydrogen) atoms. The van der Waals surface area contributed by atoms with Gasteiger partial charge in [-0.25, -0.2) is 0 Å². The molecule has 0 aromatic heterocycles. The largest absolute Gasteiger partial charge is 0.409 e. The van der Waals surface area contributed by atoms with Crippen LogP contribution in [0.3, 0.4) is 0 Å². The van der Waals surface area contributed by atoms with Gasteiger partial charge in [0.05, 0.1) is 5.92 Å². The summed E-state index contributed by atoms with van der Waals surface area (Å²) < 4.78 is 0. The van der Waals surface area contributed by atoms with E-state index >= 15 is 0 Å². The quantitative estimate of drug-likeness (QED) is 0.163. The summed E-state index contributed by atoms with van der Waals surface area (Å²) in [5.74, 6) is -2.75. The lowest BCUT2D eigenvalue weighted by atomic mass is 10.1. The molecular formula is C8H12N4O4. The fourth-order valence-electron chi connectivity index (χ4n) is 1.28. The molecule has 4 N–H and O–H groups in total. The van der Waals surface area contributed by atoms with Crippen LogP contribution in [-0.4, -0.2) is 46.8 Å². The molecule has 1 rings (SSSR count). The normalized spacial score (nSPS) is 19.3. The van der Waals surface area contributed by atoms with Gasteiger partial charge in [0.1, 0.15) is 13.1 Å². The number of rotatable bonds is 2. The van der Waals surface area contributed by atoms with Crippen molar-refractivity contribution in [1.29, 1.82) is 0 Å². The molecule has 1 unspecified atom stereocenters. The van der Waals surface area contributed by atoms with Crippen LogP contribution in [0.5, 0.6) is 0 Å². The van der Waals surface area contributed by atoms with Crippen molar-refractivity contribution in [2.75, 3.05) is 13.1 Å². The zero-order valence-electron chi connectivity index (χ0n) is 8.64. The maximum absolute atomic E-state index is 11.7. The van der Waals surface area contributed by atoms with Gasteiger partial charge in [0.2, 0.25) is 17.7 Å². The van der Waals surface area contributed by atoms with E-state index in [9.17, 15) is 14.4 Å². The molecule has 0 saturated carbocycles. The van der Waals surface area contributed by atoms with Gasteiger partial charge in [0.25, 0.3) is 0 Å². The van der Waals surface area contributed by atoms with Gasteiger partial charge < -0.3 is 15.8 Å². The van der Waals surface area contributed by atoms with E-state index in [0.29, 0.717) is 0 Å². The third kappa shape index (κ3) is 2.47. The average molecular weight is 228 g/mol. The summed E-state index contributed by atoms with van der Waals surface area (Å²) in [5, 5.41) is 13.2. The predicted octanol–water partition coefficient (Wildman–Crippen LogP) is -2.15. The first-order valence-corrected chi connectivity index (χ1v) is 4.54. The van der Waals surface area contributed by atoms with Gasteiger partial charge in [-0.3, -0.25) is 19.7 Å². The number of nitrogens with zero attached hydrogens (tertiary/aromatic N) is 2. The number of piperazine rings is 1. The van der Waals surface area contributed by atoms with Crippen molar-refractivity contribution >= 4 is 23.6 Å². The zero-order chi connectivity index (χ0) is 12.3. The summed E-state index contributed by atoms with van der Waals surface area (Å²) in [7, 11) is 0. The number of amidine groups is 1.